The minimum atomic E-state index is -0.347. The number of hydrogen-bond acceptors (Lipinski definition) is 2. The molecule has 0 aliphatic carbocycles. The lowest BCUT2D eigenvalue weighted by Crippen LogP contribution is -2.35. The normalized spacial score (nSPS) is 18.8. The van der Waals surface area contributed by atoms with Crippen molar-refractivity contribution in [3.8, 4) is 0 Å². The number of aliphatic hydroxyl groups excluding tert-OH is 1. The first-order valence-electron chi connectivity index (χ1n) is 8.56. The lowest BCUT2D eigenvalue weighted by molar-refractivity contribution is 0.0179. The Bertz CT molecular complexity index is 655. The second-order valence-corrected chi connectivity index (χ2v) is 6.84. The molecule has 3 rings (SSSR count). The van der Waals surface area contributed by atoms with Crippen LogP contribution in [0.3, 0.4) is 0 Å². The summed E-state index contributed by atoms with van der Waals surface area (Å²) in [5.74, 6) is 0. The van der Waals surface area contributed by atoms with Crippen LogP contribution in [-0.4, -0.2) is 22.8 Å². The molecule has 0 bridgehead atoms. The average Bonchev–Trinajstić information content (AvgIpc) is 2.94. The first-order chi connectivity index (χ1) is 11.0. The molecule has 1 N–H and O–H groups in total. The van der Waals surface area contributed by atoms with Crippen LogP contribution in [0.2, 0.25) is 0 Å². The Morgan fingerprint density at radius 1 is 0.913 bits per heavy atom. The highest BCUT2D eigenvalue weighted by molar-refractivity contribution is 5.45. The van der Waals surface area contributed by atoms with Gasteiger partial charge in [0.05, 0.1) is 6.04 Å². The van der Waals surface area contributed by atoms with Crippen molar-refractivity contribution >= 4 is 0 Å². The van der Waals surface area contributed by atoms with Gasteiger partial charge in [0.25, 0.3) is 0 Å². The Labute approximate surface area is 139 Å². The van der Waals surface area contributed by atoms with E-state index in [1.807, 2.05) is 0 Å². The average molecular weight is 309 g/mol. The summed E-state index contributed by atoms with van der Waals surface area (Å²) < 4.78 is 0. The van der Waals surface area contributed by atoms with Crippen LogP contribution in [-0.2, 0) is 0 Å². The number of aliphatic hydroxyl groups is 1. The molecule has 2 aromatic carbocycles. The van der Waals surface area contributed by atoms with Crippen LogP contribution in [0.15, 0.2) is 36.4 Å². The Hall–Kier alpha value is -1.64. The van der Waals surface area contributed by atoms with Gasteiger partial charge in [-0.1, -0.05) is 36.4 Å². The van der Waals surface area contributed by atoms with Crippen LogP contribution in [0.4, 0.5) is 0 Å². The van der Waals surface area contributed by atoms with Crippen LogP contribution in [0.1, 0.15) is 52.3 Å². The van der Waals surface area contributed by atoms with Crippen molar-refractivity contribution in [1.29, 1.82) is 0 Å². The maximum absolute atomic E-state index is 10.5. The van der Waals surface area contributed by atoms with E-state index in [9.17, 15) is 5.11 Å². The monoisotopic (exact) mass is 309 g/mol. The number of hydrogen-bond donors (Lipinski definition) is 1. The maximum Gasteiger partial charge on any atom is 0.108 e. The zero-order valence-corrected chi connectivity index (χ0v) is 14.6. The van der Waals surface area contributed by atoms with E-state index in [1.165, 1.54) is 33.4 Å². The predicted molar refractivity (Wildman–Crippen MR) is 95.6 cm³/mol. The fraction of sp³-hybridized carbons (Fsp3) is 0.429. The van der Waals surface area contributed by atoms with E-state index in [4.69, 9.17) is 0 Å². The highest BCUT2D eigenvalue weighted by Gasteiger charge is 2.33. The summed E-state index contributed by atoms with van der Waals surface area (Å²) in [4.78, 5) is 2.27. The number of nitrogens with zero attached hydrogens (tertiary/aromatic N) is 1. The number of rotatable bonds is 3. The quantitative estimate of drug-likeness (QED) is 0.907. The van der Waals surface area contributed by atoms with Crippen LogP contribution in [0, 0.1) is 27.7 Å². The molecule has 1 atom stereocenters. The molecule has 122 valence electrons. The zero-order chi connectivity index (χ0) is 16.6. The largest absolute Gasteiger partial charge is 0.378 e. The van der Waals surface area contributed by atoms with E-state index in [0.29, 0.717) is 0 Å². The fourth-order valence-electron chi connectivity index (χ4n) is 3.74. The molecule has 0 amide bonds. The van der Waals surface area contributed by atoms with Gasteiger partial charge in [0.2, 0.25) is 0 Å². The van der Waals surface area contributed by atoms with Gasteiger partial charge in [-0.25, -0.2) is 0 Å². The third-order valence-electron chi connectivity index (χ3n) is 5.48. The van der Waals surface area contributed by atoms with Gasteiger partial charge >= 0.3 is 0 Å². The second-order valence-electron chi connectivity index (χ2n) is 6.84. The molecular formula is C21H27NO. The molecule has 0 aromatic heterocycles. The molecule has 0 radical (unpaired) electrons. The van der Waals surface area contributed by atoms with Crippen molar-refractivity contribution in [2.45, 2.75) is 52.8 Å². The highest BCUT2D eigenvalue weighted by atomic mass is 16.3. The molecule has 0 spiro atoms. The first-order valence-corrected chi connectivity index (χ1v) is 8.56. The van der Waals surface area contributed by atoms with Crippen LogP contribution in [0.25, 0.3) is 0 Å². The molecule has 0 saturated carbocycles. The Kier molecular flexibility index (Phi) is 4.56. The van der Waals surface area contributed by atoms with Crippen molar-refractivity contribution in [3.63, 3.8) is 0 Å². The molecular weight excluding hydrogens is 282 g/mol. The van der Waals surface area contributed by atoms with Crippen molar-refractivity contribution < 1.29 is 5.11 Å². The summed E-state index contributed by atoms with van der Waals surface area (Å²) in [6, 6.07) is 13.2. The number of likely N-dealkylation sites (tertiary alicyclic amines) is 1. The molecule has 2 aromatic rings. The van der Waals surface area contributed by atoms with Crippen molar-refractivity contribution in [2.24, 2.45) is 0 Å². The smallest absolute Gasteiger partial charge is 0.108 e. The molecule has 1 fully saturated rings. The molecule has 1 aliphatic rings. The Morgan fingerprint density at radius 2 is 1.43 bits per heavy atom. The van der Waals surface area contributed by atoms with Crippen LogP contribution in [0.5, 0.6) is 0 Å². The number of aryl methyl sites for hydroxylation is 2. The third-order valence-corrected chi connectivity index (χ3v) is 5.48. The summed E-state index contributed by atoms with van der Waals surface area (Å²) in [6.07, 6.45) is 1.58. The van der Waals surface area contributed by atoms with Gasteiger partial charge in [0.1, 0.15) is 6.23 Å². The lowest BCUT2D eigenvalue weighted by Gasteiger charge is -2.34. The van der Waals surface area contributed by atoms with Gasteiger partial charge in [0.15, 0.2) is 0 Å². The zero-order valence-electron chi connectivity index (χ0n) is 14.6. The Balaban J connectivity index is 2.18. The van der Waals surface area contributed by atoms with Gasteiger partial charge in [-0.3, -0.25) is 4.90 Å². The Morgan fingerprint density at radius 3 is 1.87 bits per heavy atom. The van der Waals surface area contributed by atoms with Crippen molar-refractivity contribution in [3.05, 3.63) is 69.8 Å². The third kappa shape index (κ3) is 2.93. The van der Waals surface area contributed by atoms with Gasteiger partial charge in [0, 0.05) is 6.54 Å². The standard InChI is InChI=1S/C21H27NO/c1-14-8-5-10-18(16(14)3)21(22-13-7-12-20(22)23)19-11-6-9-15(2)17(19)4/h5-6,8-11,20-21,23H,7,12-13H2,1-4H3. The van der Waals surface area contributed by atoms with Gasteiger partial charge in [-0.05, 0) is 73.9 Å². The topological polar surface area (TPSA) is 23.5 Å². The summed E-state index contributed by atoms with van der Waals surface area (Å²) in [7, 11) is 0. The lowest BCUT2D eigenvalue weighted by atomic mass is 9.88. The molecule has 23 heavy (non-hydrogen) atoms. The minimum Gasteiger partial charge on any atom is -0.378 e. The van der Waals surface area contributed by atoms with Crippen molar-refractivity contribution in [2.75, 3.05) is 6.54 Å². The van der Waals surface area contributed by atoms with E-state index in [1.54, 1.807) is 0 Å². The molecule has 1 aliphatic heterocycles. The van der Waals surface area contributed by atoms with E-state index in [2.05, 4.69) is 69.0 Å². The predicted octanol–water partition coefficient (Wildman–Crippen LogP) is 4.42. The highest BCUT2D eigenvalue weighted by Crippen LogP contribution is 2.38. The number of benzene rings is 2. The molecule has 2 heteroatoms. The SMILES string of the molecule is Cc1cccc(C(c2cccc(C)c2C)N2CCCC2O)c1C. The first kappa shape index (κ1) is 16.2. The second kappa shape index (κ2) is 6.46. The maximum atomic E-state index is 10.5. The molecule has 1 unspecified atom stereocenters. The van der Waals surface area contributed by atoms with Gasteiger partial charge in [-0.2, -0.15) is 0 Å². The molecule has 1 saturated heterocycles. The molecule has 1 heterocycles. The van der Waals surface area contributed by atoms with Crippen molar-refractivity contribution in [1.82, 2.24) is 4.90 Å². The summed E-state index contributed by atoms with van der Waals surface area (Å²) >= 11 is 0. The summed E-state index contributed by atoms with van der Waals surface area (Å²) in [5, 5.41) is 10.5. The van der Waals surface area contributed by atoms with E-state index >= 15 is 0 Å². The summed E-state index contributed by atoms with van der Waals surface area (Å²) in [6.45, 7) is 9.68. The fourth-order valence-corrected chi connectivity index (χ4v) is 3.74. The van der Waals surface area contributed by atoms with Crippen LogP contribution < -0.4 is 0 Å². The molecule has 2 nitrogen and oxygen atoms in total. The minimum absolute atomic E-state index is 0.132. The van der Waals surface area contributed by atoms with E-state index < -0.39 is 0 Å². The van der Waals surface area contributed by atoms with Gasteiger partial charge in [-0.15, -0.1) is 0 Å². The van der Waals surface area contributed by atoms with Gasteiger partial charge < -0.3 is 5.11 Å². The van der Waals surface area contributed by atoms with E-state index in [0.717, 1.165) is 19.4 Å². The summed E-state index contributed by atoms with van der Waals surface area (Å²) in [5.41, 5.74) is 7.92. The van der Waals surface area contributed by atoms with Crippen LogP contribution >= 0.6 is 0 Å². The van der Waals surface area contributed by atoms with E-state index in [-0.39, 0.29) is 12.3 Å².